The van der Waals surface area contributed by atoms with E-state index in [9.17, 15) is 9.59 Å². The zero-order chi connectivity index (χ0) is 14.8. The van der Waals surface area contributed by atoms with Gasteiger partial charge in [-0.2, -0.15) is 0 Å². The second-order valence-corrected chi connectivity index (χ2v) is 5.60. The first kappa shape index (κ1) is 13.9. The van der Waals surface area contributed by atoms with Gasteiger partial charge in [-0.3, -0.25) is 9.59 Å². The first-order valence-electron chi connectivity index (χ1n) is 7.40. The van der Waals surface area contributed by atoms with Crippen LogP contribution in [-0.2, 0) is 16.0 Å². The van der Waals surface area contributed by atoms with Gasteiger partial charge in [0.2, 0.25) is 11.8 Å². The Labute approximate surface area is 124 Å². The summed E-state index contributed by atoms with van der Waals surface area (Å²) in [6, 6.07) is 7.62. The molecule has 0 aliphatic carbocycles. The number of nitrogens with zero attached hydrogens (tertiary/aromatic N) is 2. The van der Waals surface area contributed by atoms with Gasteiger partial charge in [-0.15, -0.1) is 0 Å². The molecule has 2 saturated heterocycles. The van der Waals surface area contributed by atoms with Crippen LogP contribution in [0.25, 0.3) is 0 Å². The van der Waals surface area contributed by atoms with Crippen LogP contribution in [0.1, 0.15) is 18.4 Å². The van der Waals surface area contributed by atoms with Crippen molar-refractivity contribution in [1.29, 1.82) is 0 Å². The largest absolute Gasteiger partial charge is 0.497 e. The molecule has 2 aliphatic rings. The Bertz CT molecular complexity index is 541. The van der Waals surface area contributed by atoms with E-state index in [0.29, 0.717) is 6.54 Å². The molecule has 0 radical (unpaired) electrons. The fraction of sp³-hybridized carbons (Fsp3) is 0.500. The number of methoxy groups -OCH3 is 1. The Morgan fingerprint density at radius 1 is 1.24 bits per heavy atom. The molecule has 5 nitrogen and oxygen atoms in total. The number of fused-ring (bicyclic) bond motifs is 1. The molecule has 5 heteroatoms. The van der Waals surface area contributed by atoms with E-state index in [1.807, 2.05) is 24.3 Å². The van der Waals surface area contributed by atoms with Gasteiger partial charge >= 0.3 is 0 Å². The molecule has 2 amide bonds. The van der Waals surface area contributed by atoms with Gasteiger partial charge in [0.1, 0.15) is 11.8 Å². The third kappa shape index (κ3) is 2.73. The predicted molar refractivity (Wildman–Crippen MR) is 78.0 cm³/mol. The van der Waals surface area contributed by atoms with Gasteiger partial charge in [-0.25, -0.2) is 0 Å². The minimum atomic E-state index is -0.206. The first-order chi connectivity index (χ1) is 10.2. The molecule has 2 aliphatic heterocycles. The summed E-state index contributed by atoms with van der Waals surface area (Å²) in [5.41, 5.74) is 1.14. The average molecular weight is 288 g/mol. The molecule has 0 bridgehead atoms. The maximum Gasteiger partial charge on any atom is 0.245 e. The minimum absolute atomic E-state index is 0.0897. The number of carbonyl (C=O) groups is 2. The molecule has 112 valence electrons. The van der Waals surface area contributed by atoms with E-state index >= 15 is 0 Å². The molecule has 1 atom stereocenters. The molecule has 1 unspecified atom stereocenters. The average Bonchev–Trinajstić information content (AvgIpc) is 3.00. The molecule has 21 heavy (non-hydrogen) atoms. The lowest BCUT2D eigenvalue weighted by Gasteiger charge is -2.36. The molecule has 0 saturated carbocycles. The van der Waals surface area contributed by atoms with E-state index in [4.69, 9.17) is 4.74 Å². The lowest BCUT2D eigenvalue weighted by atomic mass is 10.1. The Morgan fingerprint density at radius 2 is 2.00 bits per heavy atom. The smallest absolute Gasteiger partial charge is 0.245 e. The molecule has 2 fully saturated rings. The number of amides is 2. The maximum absolute atomic E-state index is 12.4. The molecule has 1 aromatic carbocycles. The van der Waals surface area contributed by atoms with Crippen LogP contribution in [0.4, 0.5) is 0 Å². The van der Waals surface area contributed by atoms with E-state index in [0.717, 1.165) is 37.1 Å². The van der Waals surface area contributed by atoms with Crippen LogP contribution in [0, 0.1) is 0 Å². The summed E-state index contributed by atoms with van der Waals surface area (Å²) < 4.78 is 5.13. The SMILES string of the molecule is COc1ccc(CCN2CC(=O)N3CCCC3C2=O)cc1. The van der Waals surface area contributed by atoms with Gasteiger partial charge in [0, 0.05) is 13.1 Å². The summed E-state index contributed by atoms with van der Waals surface area (Å²) in [6.45, 7) is 1.56. The normalized spacial score (nSPS) is 21.7. The van der Waals surface area contributed by atoms with Gasteiger partial charge in [0.05, 0.1) is 13.7 Å². The molecule has 2 heterocycles. The molecule has 0 N–H and O–H groups in total. The van der Waals surface area contributed by atoms with Crippen LogP contribution in [-0.4, -0.2) is 54.4 Å². The van der Waals surface area contributed by atoms with Crippen molar-refractivity contribution in [3.63, 3.8) is 0 Å². The number of benzene rings is 1. The van der Waals surface area contributed by atoms with Gasteiger partial charge in [-0.05, 0) is 37.0 Å². The molecule has 3 rings (SSSR count). The van der Waals surface area contributed by atoms with Crippen molar-refractivity contribution in [1.82, 2.24) is 9.80 Å². The molecular weight excluding hydrogens is 268 g/mol. The Kier molecular flexibility index (Phi) is 3.82. The summed E-state index contributed by atoms with van der Waals surface area (Å²) in [5, 5.41) is 0. The summed E-state index contributed by atoms with van der Waals surface area (Å²) in [4.78, 5) is 27.9. The summed E-state index contributed by atoms with van der Waals surface area (Å²) in [6.07, 6.45) is 2.51. The monoisotopic (exact) mass is 288 g/mol. The van der Waals surface area contributed by atoms with Crippen molar-refractivity contribution < 1.29 is 14.3 Å². The van der Waals surface area contributed by atoms with E-state index < -0.39 is 0 Å². The highest BCUT2D eigenvalue weighted by molar-refractivity contribution is 5.95. The first-order valence-corrected chi connectivity index (χ1v) is 7.40. The topological polar surface area (TPSA) is 49.9 Å². The standard InChI is InChI=1S/C16H20N2O3/c1-21-13-6-4-12(5-7-13)8-10-17-11-15(19)18-9-2-3-14(18)16(17)20/h4-7,14H,2-3,8-11H2,1H3. The molecule has 0 spiro atoms. The third-order valence-corrected chi connectivity index (χ3v) is 4.33. The Morgan fingerprint density at radius 3 is 2.71 bits per heavy atom. The minimum Gasteiger partial charge on any atom is -0.497 e. The molecule has 1 aromatic rings. The lowest BCUT2D eigenvalue weighted by Crippen LogP contribution is -2.57. The fourth-order valence-electron chi connectivity index (χ4n) is 3.11. The van der Waals surface area contributed by atoms with Crippen molar-refractivity contribution >= 4 is 11.8 Å². The number of carbonyl (C=O) groups excluding carboxylic acids is 2. The summed E-state index contributed by atoms with van der Waals surface area (Å²) >= 11 is 0. The zero-order valence-electron chi connectivity index (χ0n) is 12.2. The van der Waals surface area contributed by atoms with Crippen molar-refractivity contribution in [2.24, 2.45) is 0 Å². The highest BCUT2D eigenvalue weighted by Gasteiger charge is 2.41. The highest BCUT2D eigenvalue weighted by atomic mass is 16.5. The number of rotatable bonds is 4. The maximum atomic E-state index is 12.4. The number of piperazine rings is 1. The summed E-state index contributed by atoms with van der Waals surface area (Å²) in [7, 11) is 1.64. The van der Waals surface area contributed by atoms with E-state index in [1.165, 1.54) is 0 Å². The molecular formula is C16H20N2O3. The van der Waals surface area contributed by atoms with Crippen LogP contribution >= 0.6 is 0 Å². The number of ether oxygens (including phenoxy) is 1. The van der Waals surface area contributed by atoms with Crippen LogP contribution in [0.5, 0.6) is 5.75 Å². The Hall–Kier alpha value is -2.04. The second kappa shape index (κ2) is 5.76. The van der Waals surface area contributed by atoms with Crippen LogP contribution < -0.4 is 4.74 Å². The van der Waals surface area contributed by atoms with Gasteiger partial charge in [0.15, 0.2) is 0 Å². The second-order valence-electron chi connectivity index (χ2n) is 5.60. The van der Waals surface area contributed by atoms with E-state index in [1.54, 1.807) is 16.9 Å². The number of hydrogen-bond donors (Lipinski definition) is 0. The van der Waals surface area contributed by atoms with Gasteiger partial charge < -0.3 is 14.5 Å². The van der Waals surface area contributed by atoms with Crippen molar-refractivity contribution in [2.45, 2.75) is 25.3 Å². The van der Waals surface area contributed by atoms with Gasteiger partial charge in [-0.1, -0.05) is 12.1 Å². The van der Waals surface area contributed by atoms with Crippen molar-refractivity contribution in [2.75, 3.05) is 26.7 Å². The third-order valence-electron chi connectivity index (χ3n) is 4.33. The summed E-state index contributed by atoms with van der Waals surface area (Å²) in [5.74, 6) is 1.03. The van der Waals surface area contributed by atoms with Gasteiger partial charge in [0.25, 0.3) is 0 Å². The van der Waals surface area contributed by atoms with Crippen molar-refractivity contribution in [3.8, 4) is 5.75 Å². The fourth-order valence-corrected chi connectivity index (χ4v) is 3.11. The highest BCUT2D eigenvalue weighted by Crippen LogP contribution is 2.23. The zero-order valence-corrected chi connectivity index (χ0v) is 12.2. The van der Waals surface area contributed by atoms with Crippen LogP contribution in [0.2, 0.25) is 0 Å². The van der Waals surface area contributed by atoms with E-state index in [2.05, 4.69) is 0 Å². The van der Waals surface area contributed by atoms with E-state index in [-0.39, 0.29) is 24.4 Å². The lowest BCUT2D eigenvalue weighted by molar-refractivity contribution is -0.153. The quantitative estimate of drug-likeness (QED) is 0.833. The van der Waals surface area contributed by atoms with Crippen LogP contribution in [0.3, 0.4) is 0 Å². The van der Waals surface area contributed by atoms with Crippen molar-refractivity contribution in [3.05, 3.63) is 29.8 Å². The molecule has 0 aromatic heterocycles. The predicted octanol–water partition coefficient (Wildman–Crippen LogP) is 1.07. The Balaban J connectivity index is 1.61. The van der Waals surface area contributed by atoms with Crippen LogP contribution in [0.15, 0.2) is 24.3 Å². The number of hydrogen-bond acceptors (Lipinski definition) is 3.